The van der Waals surface area contributed by atoms with Crippen molar-refractivity contribution < 1.29 is 41.0 Å². The molecule has 4 aromatic carbocycles. The highest BCUT2D eigenvalue weighted by molar-refractivity contribution is 9.10. The van der Waals surface area contributed by atoms with E-state index in [0.717, 1.165) is 59.9 Å². The Morgan fingerprint density at radius 3 is 1.62 bits per heavy atom. The van der Waals surface area contributed by atoms with Gasteiger partial charge < -0.3 is 14.8 Å². The van der Waals surface area contributed by atoms with Crippen molar-refractivity contribution in [2.75, 3.05) is 10.6 Å². The van der Waals surface area contributed by atoms with Gasteiger partial charge in [0.15, 0.2) is 5.13 Å². The number of carbonyl (C=O) groups excluding carboxylic acids is 2. The number of nitrogens with one attached hydrogen (secondary N) is 2. The topological polar surface area (TPSA) is 102 Å². The number of rotatable bonds is 11. The maximum Gasteiger partial charge on any atom is 0.416 e. The smallest absolute Gasteiger partial charge is 0.416 e. The van der Waals surface area contributed by atoms with Crippen LogP contribution in [0.3, 0.4) is 0 Å². The van der Waals surface area contributed by atoms with Crippen LogP contribution in [0, 0.1) is 11.6 Å². The van der Waals surface area contributed by atoms with Crippen LogP contribution in [0.5, 0.6) is 11.5 Å². The lowest BCUT2D eigenvalue weighted by molar-refractivity contribution is -0.172. The first-order valence-electron chi connectivity index (χ1n) is 15.2. The molecule has 0 radical (unpaired) electrons. The van der Waals surface area contributed by atoms with Crippen LogP contribution in [-0.2, 0) is 27.0 Å². The first kappa shape index (κ1) is 36.1. The van der Waals surface area contributed by atoms with E-state index in [-0.39, 0.29) is 33.6 Å². The number of hydrogen-bond acceptors (Lipinski definition) is 7. The normalized spacial score (nSPS) is 13.7. The van der Waals surface area contributed by atoms with Gasteiger partial charge in [-0.15, -0.1) is 11.3 Å². The number of halogens is 6. The van der Waals surface area contributed by atoms with Crippen molar-refractivity contribution in [1.82, 2.24) is 9.97 Å². The molecule has 2 heterocycles. The summed E-state index contributed by atoms with van der Waals surface area (Å²) >= 11 is 4.35. The Morgan fingerprint density at radius 2 is 1.12 bits per heavy atom. The maximum atomic E-state index is 15.3. The lowest BCUT2D eigenvalue weighted by Crippen LogP contribution is -2.67. The molecule has 52 heavy (non-hydrogen) atoms. The van der Waals surface area contributed by atoms with E-state index < -0.39 is 46.4 Å². The Kier molecular flexibility index (Phi) is 10.4. The minimum Gasteiger partial charge on any atom is -0.467 e. The van der Waals surface area contributed by atoms with Crippen LogP contribution < -0.4 is 20.1 Å². The summed E-state index contributed by atoms with van der Waals surface area (Å²) in [4.78, 5) is 38.9. The number of carbonyl (C=O) groups is 2. The average molecular weight is 796 g/mol. The Balaban J connectivity index is 1.76. The number of hydrogen-bond donors (Lipinski definition) is 2. The first-order chi connectivity index (χ1) is 24.9. The molecule has 2 N–H and O–H groups in total. The van der Waals surface area contributed by atoms with E-state index in [1.807, 2.05) is 0 Å². The second-order valence-electron chi connectivity index (χ2n) is 11.0. The summed E-state index contributed by atoms with van der Waals surface area (Å²) in [6.07, 6.45) is -2.02. The van der Waals surface area contributed by atoms with Crippen LogP contribution in [0.2, 0.25) is 0 Å². The van der Waals surface area contributed by atoms with Gasteiger partial charge >= 0.3 is 6.18 Å². The predicted octanol–water partition coefficient (Wildman–Crippen LogP) is 9.12. The molecule has 0 saturated carbocycles. The van der Waals surface area contributed by atoms with Crippen LogP contribution in [0.4, 0.5) is 32.9 Å². The van der Waals surface area contributed by atoms with Crippen LogP contribution in [0.25, 0.3) is 0 Å². The summed E-state index contributed by atoms with van der Waals surface area (Å²) < 4.78 is 84.6. The minimum atomic E-state index is -4.79. The SMILES string of the molecule is O=C(Nc1ccccn1)C(Oc1ccc(Br)cc1)(c1ccc(F)cc1)C(Oc1ccc(F)cc1)(C(=O)Nc1nccs1)c1ccc(C(F)(F)F)cc1. The third kappa shape index (κ3) is 7.36. The van der Waals surface area contributed by atoms with Crippen LogP contribution in [0.15, 0.2) is 138 Å². The number of pyridine rings is 1. The van der Waals surface area contributed by atoms with E-state index in [0.29, 0.717) is 16.6 Å². The number of aromatic nitrogens is 2. The highest BCUT2D eigenvalue weighted by Crippen LogP contribution is 2.50. The second-order valence-corrected chi connectivity index (χ2v) is 12.8. The van der Waals surface area contributed by atoms with Gasteiger partial charge in [0, 0.05) is 33.4 Å². The summed E-state index contributed by atoms with van der Waals surface area (Å²) in [6, 6.07) is 22.8. The van der Waals surface area contributed by atoms with Gasteiger partial charge in [0.05, 0.1) is 5.56 Å². The average Bonchev–Trinajstić information content (AvgIpc) is 3.65. The standard InChI is InChI=1S/C37H24BrF5N4O4S/c38-26-10-16-29(17-11-26)50-35(24-8-12-27(39)13-9-24,32(48)46-31-3-1-2-20-44-31)36(33(49)47-34-45-21-22-52-34,51-30-18-14-28(40)15-19-30)23-4-6-25(7-5-23)37(41,42)43/h1-22H,(H,44,46,48)(H,45,47,49). The number of nitrogens with zero attached hydrogens (tertiary/aromatic N) is 2. The van der Waals surface area contributed by atoms with E-state index >= 15 is 9.59 Å². The summed E-state index contributed by atoms with van der Waals surface area (Å²) in [7, 11) is 0. The van der Waals surface area contributed by atoms with Gasteiger partial charge in [-0.1, -0.05) is 46.3 Å². The second kappa shape index (κ2) is 14.9. The molecule has 15 heteroatoms. The van der Waals surface area contributed by atoms with Gasteiger partial charge in [-0.3, -0.25) is 14.9 Å². The van der Waals surface area contributed by atoms with Crippen LogP contribution >= 0.6 is 27.3 Å². The molecule has 2 unspecified atom stereocenters. The Morgan fingerprint density at radius 1 is 0.615 bits per heavy atom. The summed E-state index contributed by atoms with van der Waals surface area (Å²) in [5.74, 6) is -3.90. The van der Waals surface area contributed by atoms with Crippen molar-refractivity contribution in [3.63, 3.8) is 0 Å². The largest absolute Gasteiger partial charge is 0.467 e. The van der Waals surface area contributed by atoms with E-state index in [1.54, 1.807) is 29.6 Å². The summed E-state index contributed by atoms with van der Waals surface area (Å²) in [5, 5.41) is 6.85. The zero-order valence-corrected chi connectivity index (χ0v) is 28.8. The lowest BCUT2D eigenvalue weighted by atomic mass is 9.70. The predicted molar refractivity (Wildman–Crippen MR) is 187 cm³/mol. The third-order valence-electron chi connectivity index (χ3n) is 7.73. The Hall–Kier alpha value is -5.67. The monoisotopic (exact) mass is 794 g/mol. The van der Waals surface area contributed by atoms with E-state index in [9.17, 15) is 22.0 Å². The molecule has 264 valence electrons. The molecule has 0 bridgehead atoms. The highest BCUT2D eigenvalue weighted by atomic mass is 79.9. The molecular weight excluding hydrogens is 771 g/mol. The number of alkyl halides is 3. The molecule has 2 aromatic heterocycles. The Labute approximate surface area is 305 Å². The maximum absolute atomic E-state index is 15.3. The van der Waals surface area contributed by atoms with Crippen molar-refractivity contribution in [3.8, 4) is 11.5 Å². The quantitative estimate of drug-likeness (QED) is 0.127. The molecule has 6 aromatic rings. The van der Waals surface area contributed by atoms with Crippen molar-refractivity contribution in [1.29, 1.82) is 0 Å². The molecule has 0 spiro atoms. The van der Waals surface area contributed by atoms with Gasteiger partial charge in [0.2, 0.25) is 0 Å². The fraction of sp³-hybridized carbons (Fsp3) is 0.0811. The van der Waals surface area contributed by atoms with Gasteiger partial charge in [0.25, 0.3) is 23.0 Å². The zero-order chi connectivity index (χ0) is 36.9. The summed E-state index contributed by atoms with van der Waals surface area (Å²) in [6.45, 7) is 0. The molecule has 0 aliphatic carbocycles. The number of ether oxygens (including phenoxy) is 2. The van der Waals surface area contributed by atoms with E-state index in [1.165, 1.54) is 42.7 Å². The minimum absolute atomic E-state index is 0.0122. The van der Waals surface area contributed by atoms with Gasteiger partial charge in [-0.2, -0.15) is 13.2 Å². The molecule has 0 fully saturated rings. The molecular formula is C37H24BrF5N4O4S. The number of anilines is 2. The fourth-order valence-electron chi connectivity index (χ4n) is 5.39. The summed E-state index contributed by atoms with van der Waals surface area (Å²) in [5.41, 5.74) is -7.25. The zero-order valence-electron chi connectivity index (χ0n) is 26.4. The third-order valence-corrected chi connectivity index (χ3v) is 8.95. The number of amides is 2. The van der Waals surface area contributed by atoms with Gasteiger partial charge in [-0.25, -0.2) is 18.7 Å². The number of benzene rings is 4. The molecule has 0 aliphatic rings. The molecule has 2 atom stereocenters. The van der Waals surface area contributed by atoms with Gasteiger partial charge in [-0.05, 0) is 84.9 Å². The van der Waals surface area contributed by atoms with Crippen molar-refractivity contribution >= 4 is 50.0 Å². The molecule has 2 amide bonds. The molecule has 0 saturated heterocycles. The number of thiazole rings is 1. The first-order valence-corrected chi connectivity index (χ1v) is 16.8. The molecule has 8 nitrogen and oxygen atoms in total. The van der Waals surface area contributed by atoms with Crippen molar-refractivity contribution in [2.24, 2.45) is 0 Å². The van der Waals surface area contributed by atoms with Crippen LogP contribution in [0.1, 0.15) is 16.7 Å². The van der Waals surface area contributed by atoms with Crippen molar-refractivity contribution in [3.05, 3.63) is 166 Å². The fourth-order valence-corrected chi connectivity index (χ4v) is 6.18. The van der Waals surface area contributed by atoms with Gasteiger partial charge in [0.1, 0.15) is 29.0 Å². The van der Waals surface area contributed by atoms with Crippen molar-refractivity contribution in [2.45, 2.75) is 17.4 Å². The lowest BCUT2D eigenvalue weighted by Gasteiger charge is -2.47. The molecule has 0 aliphatic heterocycles. The Bertz CT molecular complexity index is 2140. The van der Waals surface area contributed by atoms with Crippen LogP contribution in [-0.4, -0.2) is 21.8 Å². The molecule has 6 rings (SSSR count). The highest BCUT2D eigenvalue weighted by Gasteiger charge is 2.68. The van der Waals surface area contributed by atoms with E-state index in [2.05, 4.69) is 36.5 Å². The van der Waals surface area contributed by atoms with E-state index in [4.69, 9.17) is 9.47 Å².